The van der Waals surface area contributed by atoms with Crippen molar-refractivity contribution in [2.75, 3.05) is 18.6 Å². The Hall–Kier alpha value is -2.05. The van der Waals surface area contributed by atoms with E-state index < -0.39 is 29.4 Å². The number of nitrogens with zero attached hydrogens (tertiary/aromatic N) is 2. The highest BCUT2D eigenvalue weighted by Gasteiger charge is 2.37. The topological polar surface area (TPSA) is 59.5 Å². The molecule has 1 atom stereocenters. The van der Waals surface area contributed by atoms with Crippen LogP contribution < -0.4 is 4.90 Å². The Kier molecular flexibility index (Phi) is 3.22. The fourth-order valence-electron chi connectivity index (χ4n) is 1.84. The zero-order valence-electron chi connectivity index (χ0n) is 9.52. The normalized spacial score (nSPS) is 19.2. The number of esters is 1. The molecule has 1 aromatic rings. The van der Waals surface area contributed by atoms with Gasteiger partial charge in [0.25, 0.3) is 0 Å². The Bertz CT molecular complexity index is 507. The fourth-order valence-corrected chi connectivity index (χ4v) is 1.84. The van der Waals surface area contributed by atoms with E-state index in [9.17, 15) is 18.4 Å². The smallest absolute Gasteiger partial charge is 0.311 e. The van der Waals surface area contributed by atoms with E-state index in [-0.39, 0.29) is 18.8 Å². The van der Waals surface area contributed by atoms with Crippen LogP contribution in [0, 0.1) is 17.6 Å². The Morgan fingerprint density at radius 1 is 1.56 bits per heavy atom. The molecule has 2 heterocycles. The van der Waals surface area contributed by atoms with E-state index in [2.05, 4.69) is 9.72 Å². The van der Waals surface area contributed by atoms with Crippen molar-refractivity contribution in [2.24, 2.45) is 5.92 Å². The second-order valence-electron chi connectivity index (χ2n) is 3.89. The largest absolute Gasteiger partial charge is 0.469 e. The van der Waals surface area contributed by atoms with Gasteiger partial charge in [0.05, 0.1) is 19.2 Å². The van der Waals surface area contributed by atoms with E-state index in [1.807, 2.05) is 0 Å². The minimum atomic E-state index is -0.936. The SMILES string of the molecule is COC(=O)C1CC(=O)N(c2ncc(F)cc2F)C1. The summed E-state index contributed by atoms with van der Waals surface area (Å²) in [4.78, 5) is 27.5. The van der Waals surface area contributed by atoms with Crippen LogP contribution in [0.5, 0.6) is 0 Å². The first-order valence-electron chi connectivity index (χ1n) is 5.22. The van der Waals surface area contributed by atoms with Crippen LogP contribution in [0.15, 0.2) is 12.3 Å². The second kappa shape index (κ2) is 4.67. The van der Waals surface area contributed by atoms with Crippen LogP contribution in [0.1, 0.15) is 6.42 Å². The third-order valence-corrected chi connectivity index (χ3v) is 2.70. The number of amides is 1. The molecule has 0 N–H and O–H groups in total. The van der Waals surface area contributed by atoms with Gasteiger partial charge in [-0.2, -0.15) is 0 Å². The van der Waals surface area contributed by atoms with Crippen LogP contribution >= 0.6 is 0 Å². The third kappa shape index (κ3) is 2.15. The Morgan fingerprint density at radius 3 is 2.89 bits per heavy atom. The molecule has 0 spiro atoms. The molecule has 1 aliphatic heterocycles. The molecule has 1 fully saturated rings. The number of carbonyl (C=O) groups excluding carboxylic acids is 2. The summed E-state index contributed by atoms with van der Waals surface area (Å²) in [5.41, 5.74) is 0. The molecule has 96 valence electrons. The van der Waals surface area contributed by atoms with Crippen molar-refractivity contribution in [1.82, 2.24) is 4.98 Å². The molecule has 0 bridgehead atoms. The lowest BCUT2D eigenvalue weighted by atomic mass is 10.1. The monoisotopic (exact) mass is 256 g/mol. The van der Waals surface area contributed by atoms with Gasteiger partial charge in [0.1, 0.15) is 5.82 Å². The summed E-state index contributed by atoms with van der Waals surface area (Å²) in [6, 6.07) is 0.640. The molecule has 1 aromatic heterocycles. The lowest BCUT2D eigenvalue weighted by Crippen LogP contribution is -2.28. The summed E-state index contributed by atoms with van der Waals surface area (Å²) in [7, 11) is 1.21. The lowest BCUT2D eigenvalue weighted by molar-refractivity contribution is -0.145. The minimum Gasteiger partial charge on any atom is -0.469 e. The van der Waals surface area contributed by atoms with Crippen molar-refractivity contribution in [3.63, 3.8) is 0 Å². The zero-order chi connectivity index (χ0) is 13.3. The van der Waals surface area contributed by atoms with Gasteiger partial charge in [-0.25, -0.2) is 13.8 Å². The number of rotatable bonds is 2. The Morgan fingerprint density at radius 2 is 2.28 bits per heavy atom. The number of halogens is 2. The summed E-state index contributed by atoms with van der Waals surface area (Å²) in [5, 5.41) is 0. The zero-order valence-corrected chi connectivity index (χ0v) is 9.52. The number of hydrogen-bond donors (Lipinski definition) is 0. The molecule has 1 amide bonds. The van der Waals surface area contributed by atoms with Crippen LogP contribution in [0.25, 0.3) is 0 Å². The van der Waals surface area contributed by atoms with Crippen molar-refractivity contribution < 1.29 is 23.1 Å². The average Bonchev–Trinajstić information content (AvgIpc) is 2.70. The molecule has 0 radical (unpaired) electrons. The van der Waals surface area contributed by atoms with Gasteiger partial charge in [-0.05, 0) is 0 Å². The molecule has 1 aliphatic rings. The molecule has 0 aliphatic carbocycles. The quantitative estimate of drug-likeness (QED) is 0.737. The van der Waals surface area contributed by atoms with Gasteiger partial charge in [0.15, 0.2) is 11.6 Å². The van der Waals surface area contributed by atoms with Crippen LogP contribution in [-0.4, -0.2) is 30.5 Å². The van der Waals surface area contributed by atoms with Gasteiger partial charge in [0.2, 0.25) is 5.91 Å². The van der Waals surface area contributed by atoms with E-state index >= 15 is 0 Å². The first-order chi connectivity index (χ1) is 8.52. The molecule has 0 saturated carbocycles. The first kappa shape index (κ1) is 12.4. The van der Waals surface area contributed by atoms with Gasteiger partial charge in [-0.15, -0.1) is 0 Å². The molecule has 0 aromatic carbocycles. The summed E-state index contributed by atoms with van der Waals surface area (Å²) in [6.07, 6.45) is 0.752. The van der Waals surface area contributed by atoms with Crippen LogP contribution in [0.3, 0.4) is 0 Å². The molecule has 7 heteroatoms. The van der Waals surface area contributed by atoms with Gasteiger partial charge >= 0.3 is 5.97 Å². The molecule has 2 rings (SSSR count). The third-order valence-electron chi connectivity index (χ3n) is 2.70. The Balaban J connectivity index is 2.24. The fraction of sp³-hybridized carbons (Fsp3) is 0.364. The standard InChI is InChI=1S/C11H10F2N2O3/c1-18-11(17)6-2-9(16)15(5-6)10-8(13)3-7(12)4-14-10/h3-4,6H,2,5H2,1H3. The van der Waals surface area contributed by atoms with E-state index in [1.165, 1.54) is 7.11 Å². The van der Waals surface area contributed by atoms with Crippen molar-refractivity contribution in [1.29, 1.82) is 0 Å². The predicted molar refractivity (Wildman–Crippen MR) is 56.6 cm³/mol. The summed E-state index contributed by atoms with van der Waals surface area (Å²) >= 11 is 0. The molecule has 1 unspecified atom stereocenters. The molecular formula is C11H10F2N2O3. The second-order valence-corrected chi connectivity index (χ2v) is 3.89. The number of aromatic nitrogens is 1. The van der Waals surface area contributed by atoms with E-state index in [0.29, 0.717) is 6.07 Å². The highest BCUT2D eigenvalue weighted by atomic mass is 19.1. The number of carbonyl (C=O) groups is 2. The predicted octanol–water partition coefficient (Wildman–Crippen LogP) is 0.886. The maximum Gasteiger partial charge on any atom is 0.311 e. The summed E-state index contributed by atoms with van der Waals surface area (Å²) < 4.78 is 30.7. The Labute approximate surface area is 101 Å². The van der Waals surface area contributed by atoms with Crippen molar-refractivity contribution in [2.45, 2.75) is 6.42 Å². The number of anilines is 1. The lowest BCUT2D eigenvalue weighted by Gasteiger charge is -2.15. The van der Waals surface area contributed by atoms with Crippen LogP contribution in [0.4, 0.5) is 14.6 Å². The summed E-state index contributed by atoms with van der Waals surface area (Å²) in [5.74, 6) is -3.65. The number of pyridine rings is 1. The molecule has 5 nitrogen and oxygen atoms in total. The number of methoxy groups -OCH3 is 1. The van der Waals surface area contributed by atoms with Crippen LogP contribution in [-0.2, 0) is 14.3 Å². The van der Waals surface area contributed by atoms with Crippen molar-refractivity contribution in [3.05, 3.63) is 23.9 Å². The van der Waals surface area contributed by atoms with Gasteiger partial charge < -0.3 is 4.74 Å². The highest BCUT2D eigenvalue weighted by molar-refractivity contribution is 5.98. The minimum absolute atomic E-state index is 0.0128. The number of hydrogen-bond acceptors (Lipinski definition) is 4. The average molecular weight is 256 g/mol. The number of ether oxygens (including phenoxy) is 1. The molecule has 18 heavy (non-hydrogen) atoms. The highest BCUT2D eigenvalue weighted by Crippen LogP contribution is 2.26. The molecule has 1 saturated heterocycles. The van der Waals surface area contributed by atoms with Gasteiger partial charge in [-0.3, -0.25) is 14.5 Å². The van der Waals surface area contributed by atoms with Crippen molar-refractivity contribution >= 4 is 17.7 Å². The van der Waals surface area contributed by atoms with Crippen molar-refractivity contribution in [3.8, 4) is 0 Å². The first-order valence-corrected chi connectivity index (χ1v) is 5.22. The maximum atomic E-state index is 13.5. The van der Waals surface area contributed by atoms with Gasteiger partial charge in [-0.1, -0.05) is 0 Å². The van der Waals surface area contributed by atoms with E-state index in [4.69, 9.17) is 0 Å². The van der Waals surface area contributed by atoms with E-state index in [1.54, 1.807) is 0 Å². The van der Waals surface area contributed by atoms with E-state index in [0.717, 1.165) is 11.1 Å². The van der Waals surface area contributed by atoms with Crippen LogP contribution in [0.2, 0.25) is 0 Å². The van der Waals surface area contributed by atoms with Gasteiger partial charge in [0, 0.05) is 19.0 Å². The summed E-state index contributed by atoms with van der Waals surface area (Å²) in [6.45, 7) is -0.0128. The maximum absolute atomic E-state index is 13.5. The molecular weight excluding hydrogens is 246 g/mol.